The second kappa shape index (κ2) is 9.26. The normalized spacial score (nSPS) is 16.7. The number of anilines is 2. The van der Waals surface area contributed by atoms with Crippen molar-refractivity contribution in [2.75, 3.05) is 4.90 Å². The van der Waals surface area contributed by atoms with Crippen LogP contribution in [-0.2, 0) is 0 Å². The number of benzene rings is 4. The highest BCUT2D eigenvalue weighted by molar-refractivity contribution is 6.62. The third-order valence-electron chi connectivity index (χ3n) is 8.06. The standard InChI is InChI=1S/C33H20BN5O2/c1-37-31-30(34(40)41)24(18-35)32(38-26-14-6-2-10-20(26)21-11-3-7-15-27(21)38)25(19-36)33(31)39-28-16-8-4-12-22(28)23-13-5-9-17-29(23)39/h2-17,22,28,40-41H. The molecule has 2 N–H and O–H groups in total. The summed E-state index contributed by atoms with van der Waals surface area (Å²) in [6.07, 6.45) is 8.02. The molecule has 2 aliphatic rings. The molecule has 0 radical (unpaired) electrons. The Kier molecular flexibility index (Phi) is 5.52. The van der Waals surface area contributed by atoms with Crippen LogP contribution in [0.2, 0.25) is 0 Å². The minimum absolute atomic E-state index is 0.0313. The Morgan fingerprint density at radius 3 is 2.02 bits per heavy atom. The first-order valence-electron chi connectivity index (χ1n) is 13.1. The largest absolute Gasteiger partial charge is 0.478 e. The van der Waals surface area contributed by atoms with E-state index in [9.17, 15) is 20.6 Å². The highest BCUT2D eigenvalue weighted by atomic mass is 16.4. The Hall–Kier alpha value is -5.59. The van der Waals surface area contributed by atoms with E-state index in [1.165, 1.54) is 0 Å². The summed E-state index contributed by atoms with van der Waals surface area (Å²) in [6.45, 7) is 8.17. The quantitative estimate of drug-likeness (QED) is 0.238. The van der Waals surface area contributed by atoms with E-state index in [1.807, 2.05) is 100 Å². The van der Waals surface area contributed by atoms with Gasteiger partial charge in [-0.1, -0.05) is 78.9 Å². The Morgan fingerprint density at radius 2 is 1.39 bits per heavy atom. The van der Waals surface area contributed by atoms with Gasteiger partial charge < -0.3 is 19.5 Å². The zero-order valence-electron chi connectivity index (χ0n) is 21.6. The summed E-state index contributed by atoms with van der Waals surface area (Å²) in [7, 11) is -2.12. The second-order valence-corrected chi connectivity index (χ2v) is 10.0. The summed E-state index contributed by atoms with van der Waals surface area (Å²) in [5.41, 5.74) is 3.46. The fourth-order valence-electron chi connectivity index (χ4n) is 6.48. The molecule has 0 spiro atoms. The van der Waals surface area contributed by atoms with Crippen LogP contribution < -0.4 is 10.4 Å². The molecule has 1 aliphatic heterocycles. The van der Waals surface area contributed by atoms with Crippen LogP contribution in [0, 0.1) is 29.2 Å². The van der Waals surface area contributed by atoms with Gasteiger partial charge in [0, 0.05) is 27.8 Å². The van der Waals surface area contributed by atoms with Crippen LogP contribution in [0.25, 0.3) is 32.3 Å². The number of nitriles is 2. The highest BCUT2D eigenvalue weighted by Gasteiger charge is 2.42. The number of nitrogens with zero attached hydrogens (tertiary/aromatic N) is 5. The zero-order chi connectivity index (χ0) is 28.2. The van der Waals surface area contributed by atoms with Crippen molar-refractivity contribution < 1.29 is 10.0 Å². The van der Waals surface area contributed by atoms with E-state index in [0.717, 1.165) is 33.1 Å². The topological polar surface area (TPSA) is 101 Å². The second-order valence-electron chi connectivity index (χ2n) is 10.0. The Labute approximate surface area is 236 Å². The smallest absolute Gasteiger partial charge is 0.424 e. The van der Waals surface area contributed by atoms with Crippen LogP contribution >= 0.6 is 0 Å². The van der Waals surface area contributed by atoms with E-state index >= 15 is 0 Å². The van der Waals surface area contributed by atoms with Crippen molar-refractivity contribution >= 4 is 51.4 Å². The number of aromatic nitrogens is 1. The van der Waals surface area contributed by atoms with Gasteiger partial charge >= 0.3 is 7.12 Å². The van der Waals surface area contributed by atoms with Crippen LogP contribution in [0.4, 0.5) is 17.1 Å². The molecular weight excluding hydrogens is 509 g/mol. The number of rotatable bonds is 3. The van der Waals surface area contributed by atoms with Gasteiger partial charge in [-0.25, -0.2) is 4.85 Å². The fraction of sp³-hybridized carbons (Fsp3) is 0.0606. The average Bonchev–Trinajstić information content (AvgIpc) is 3.52. The van der Waals surface area contributed by atoms with E-state index in [0.29, 0.717) is 0 Å². The third-order valence-corrected chi connectivity index (χ3v) is 8.06. The van der Waals surface area contributed by atoms with Crippen molar-refractivity contribution in [2.24, 2.45) is 0 Å². The monoisotopic (exact) mass is 529 g/mol. The minimum atomic E-state index is -2.12. The van der Waals surface area contributed by atoms with Crippen LogP contribution in [0.15, 0.2) is 97.1 Å². The summed E-state index contributed by atoms with van der Waals surface area (Å²) >= 11 is 0. The van der Waals surface area contributed by atoms with E-state index in [4.69, 9.17) is 6.57 Å². The molecule has 0 amide bonds. The molecule has 2 unspecified atom stereocenters. The predicted molar refractivity (Wildman–Crippen MR) is 160 cm³/mol. The van der Waals surface area contributed by atoms with E-state index in [2.05, 4.69) is 23.1 Å². The Morgan fingerprint density at radius 1 is 0.780 bits per heavy atom. The Balaban J connectivity index is 1.69. The average molecular weight is 529 g/mol. The first-order valence-corrected chi connectivity index (χ1v) is 13.1. The molecule has 0 saturated carbocycles. The van der Waals surface area contributed by atoms with Gasteiger partial charge in [-0.2, -0.15) is 10.5 Å². The fourth-order valence-corrected chi connectivity index (χ4v) is 6.48. The van der Waals surface area contributed by atoms with Crippen molar-refractivity contribution in [2.45, 2.75) is 12.0 Å². The SMILES string of the molecule is [C-]#[N+]c1c(B(O)O)c(C#N)c(-n2c3ccccc3c3ccccc32)c(C#N)c1N1c2ccccc2C2C=CC=CC21. The molecule has 2 atom stereocenters. The minimum Gasteiger partial charge on any atom is -0.424 e. The van der Waals surface area contributed by atoms with Crippen LogP contribution in [0.5, 0.6) is 0 Å². The van der Waals surface area contributed by atoms with E-state index in [1.54, 1.807) is 0 Å². The number of hydrogen-bond donors (Lipinski definition) is 2. The molecular formula is C33H20BN5O2. The zero-order valence-corrected chi connectivity index (χ0v) is 21.6. The predicted octanol–water partition coefficient (Wildman–Crippen LogP) is 5.49. The van der Waals surface area contributed by atoms with Gasteiger partial charge in [0.2, 0.25) is 5.69 Å². The van der Waals surface area contributed by atoms with Crippen LogP contribution in [0.1, 0.15) is 22.6 Å². The summed E-state index contributed by atoms with van der Waals surface area (Å²) in [4.78, 5) is 5.69. The lowest BCUT2D eigenvalue weighted by Crippen LogP contribution is -2.37. The van der Waals surface area contributed by atoms with Gasteiger partial charge in [-0.05, 0) is 23.8 Å². The third kappa shape index (κ3) is 3.32. The van der Waals surface area contributed by atoms with Gasteiger partial charge in [0.05, 0.1) is 52.2 Å². The number of allylic oxidation sites excluding steroid dienone is 2. The first-order chi connectivity index (χ1) is 20.1. The van der Waals surface area contributed by atoms with Crippen molar-refractivity contribution in [3.05, 3.63) is 125 Å². The molecule has 8 heteroatoms. The maximum atomic E-state index is 10.9. The molecule has 7 nitrogen and oxygen atoms in total. The van der Waals surface area contributed by atoms with E-state index in [-0.39, 0.29) is 45.6 Å². The lowest BCUT2D eigenvalue weighted by atomic mass is 9.73. The van der Waals surface area contributed by atoms with Crippen molar-refractivity contribution in [3.63, 3.8) is 0 Å². The Bertz CT molecular complexity index is 2050. The first kappa shape index (κ1) is 24.5. The van der Waals surface area contributed by atoms with Gasteiger partial charge in [0.25, 0.3) is 0 Å². The van der Waals surface area contributed by atoms with Crippen LogP contribution in [-0.4, -0.2) is 27.8 Å². The molecule has 0 fully saturated rings. The van der Waals surface area contributed by atoms with Gasteiger partial charge in [0.1, 0.15) is 6.07 Å². The maximum Gasteiger partial charge on any atom is 0.478 e. The number of fused-ring (bicyclic) bond motifs is 6. The van der Waals surface area contributed by atoms with E-state index < -0.39 is 7.12 Å². The number of hydrogen-bond acceptors (Lipinski definition) is 5. The molecule has 4 aromatic carbocycles. The summed E-state index contributed by atoms with van der Waals surface area (Å²) in [6, 6.07) is 27.4. The van der Waals surface area contributed by atoms with Crippen LogP contribution in [0.3, 0.4) is 0 Å². The summed E-state index contributed by atoms with van der Waals surface area (Å²) in [5.74, 6) is -0.0313. The molecule has 1 aromatic heterocycles. The van der Waals surface area contributed by atoms with Gasteiger partial charge in [-0.3, -0.25) is 0 Å². The lowest BCUT2D eigenvalue weighted by molar-refractivity contribution is 0.426. The van der Waals surface area contributed by atoms with Gasteiger partial charge in [-0.15, -0.1) is 0 Å². The molecule has 0 saturated heterocycles. The highest BCUT2D eigenvalue weighted by Crippen LogP contribution is 2.52. The molecule has 0 bridgehead atoms. The summed E-state index contributed by atoms with van der Waals surface area (Å²) < 4.78 is 1.83. The molecule has 2 heterocycles. The molecule has 7 rings (SSSR count). The molecule has 5 aromatic rings. The molecule has 41 heavy (non-hydrogen) atoms. The summed E-state index contributed by atoms with van der Waals surface area (Å²) in [5, 5.41) is 44.6. The molecule has 1 aliphatic carbocycles. The maximum absolute atomic E-state index is 10.9. The lowest BCUT2D eigenvalue weighted by Gasteiger charge is -2.32. The molecule has 192 valence electrons. The van der Waals surface area contributed by atoms with Crippen molar-refractivity contribution in [1.29, 1.82) is 10.5 Å². The number of para-hydroxylation sites is 3. The van der Waals surface area contributed by atoms with Crippen molar-refractivity contribution in [1.82, 2.24) is 4.57 Å². The van der Waals surface area contributed by atoms with Crippen molar-refractivity contribution in [3.8, 4) is 17.8 Å². The van der Waals surface area contributed by atoms with Gasteiger partial charge in [0.15, 0.2) is 0 Å².